The molecule has 34 heavy (non-hydrogen) atoms. The Bertz CT molecular complexity index is 1270. The second-order valence-electron chi connectivity index (χ2n) is 8.99. The summed E-state index contributed by atoms with van der Waals surface area (Å²) in [6.45, 7) is 0.543. The Morgan fingerprint density at radius 2 is 1.97 bits per heavy atom. The molecule has 0 spiro atoms. The molecule has 0 atom stereocenters. The van der Waals surface area contributed by atoms with E-state index in [0.717, 1.165) is 45.6 Å². The maximum absolute atomic E-state index is 12.9. The number of hydrogen-bond acceptors (Lipinski definition) is 7. The molecule has 2 fully saturated rings. The quantitative estimate of drug-likeness (QED) is 0.545. The molecule has 1 saturated carbocycles. The topological polar surface area (TPSA) is 107 Å². The minimum atomic E-state index is -0.789. The molecule has 6 rings (SSSR count). The number of hydrogen-bond donors (Lipinski definition) is 1. The Hall–Kier alpha value is -2.69. The van der Waals surface area contributed by atoms with Crippen LogP contribution in [0.5, 0.6) is 0 Å². The zero-order chi connectivity index (χ0) is 23.2. The monoisotopic (exact) mass is 496 g/mol. The number of benzene rings is 1. The van der Waals surface area contributed by atoms with E-state index in [9.17, 15) is 14.1 Å². The third-order valence-corrected chi connectivity index (χ3v) is 8.85. The van der Waals surface area contributed by atoms with Gasteiger partial charge in [0.2, 0.25) is 5.91 Å². The fourth-order valence-electron chi connectivity index (χ4n) is 4.40. The highest BCUT2D eigenvalue weighted by atomic mass is 32.2. The van der Waals surface area contributed by atoms with E-state index in [4.69, 9.17) is 4.74 Å². The molecule has 2 amide bonds. The summed E-state index contributed by atoms with van der Waals surface area (Å²) in [5, 5.41) is 3.54. The summed E-state index contributed by atoms with van der Waals surface area (Å²) in [4.78, 5) is 35.8. The van der Waals surface area contributed by atoms with Crippen molar-refractivity contribution in [2.75, 3.05) is 28.3 Å². The Balaban J connectivity index is 1.21. The predicted octanol–water partition coefficient (Wildman–Crippen LogP) is 4.12. The van der Waals surface area contributed by atoms with Crippen molar-refractivity contribution < 1.29 is 18.9 Å². The van der Waals surface area contributed by atoms with Crippen LogP contribution >= 0.6 is 11.3 Å². The van der Waals surface area contributed by atoms with E-state index < -0.39 is 11.2 Å². The Kier molecular flexibility index (Phi) is 5.66. The first-order chi connectivity index (χ1) is 16.5. The smallest absolute Gasteiger partial charge is 0.414 e. The van der Waals surface area contributed by atoms with Crippen molar-refractivity contribution in [3.8, 4) is 11.1 Å². The van der Waals surface area contributed by atoms with Gasteiger partial charge in [0.05, 0.1) is 21.6 Å². The number of anilines is 2. The van der Waals surface area contributed by atoms with Gasteiger partial charge in [0.25, 0.3) is 0 Å². The van der Waals surface area contributed by atoms with Gasteiger partial charge in [0, 0.05) is 43.5 Å². The highest BCUT2D eigenvalue weighted by Gasteiger charge is 2.32. The molecule has 1 aromatic carbocycles. The number of amides is 2. The van der Waals surface area contributed by atoms with Crippen LogP contribution in [0.1, 0.15) is 31.4 Å². The number of fused-ring (bicyclic) bond motifs is 2. The molecule has 2 aromatic heterocycles. The molecule has 0 bridgehead atoms. The van der Waals surface area contributed by atoms with E-state index in [1.165, 1.54) is 11.3 Å². The largest absolute Gasteiger partial charge is 0.616 e. The SMILES string of the molecule is O=C(Nc1nc2ccc(-c3cnc4c(c3)N(C(=O)OC3CC[S+]([O-])CC3)CC4)cc2s1)C1CC1. The number of nitrogens with one attached hydrogen (secondary N) is 1. The van der Waals surface area contributed by atoms with Crippen LogP contribution in [0.2, 0.25) is 0 Å². The summed E-state index contributed by atoms with van der Waals surface area (Å²) in [5.74, 6) is 1.37. The van der Waals surface area contributed by atoms with Crippen LogP contribution in [0.3, 0.4) is 0 Å². The standard InChI is InChI=1S/C24H24N4O4S2/c29-22(14-1-2-14)27-23-26-19-4-3-15(12-21(19)33-23)16-11-20-18(25-13-16)5-8-28(20)24(30)32-17-6-9-34(31)10-7-17/h3-4,11-14,17H,1-2,5-10H2,(H,26,27,29). The summed E-state index contributed by atoms with van der Waals surface area (Å²) >= 11 is 0.672. The molecular formula is C24H24N4O4S2. The van der Waals surface area contributed by atoms with Gasteiger partial charge in [-0.05, 0) is 36.6 Å². The van der Waals surface area contributed by atoms with Crippen molar-refractivity contribution in [2.24, 2.45) is 5.92 Å². The van der Waals surface area contributed by atoms with Crippen LogP contribution in [0, 0.1) is 5.92 Å². The Morgan fingerprint density at radius 3 is 2.76 bits per heavy atom. The van der Waals surface area contributed by atoms with Crippen LogP contribution < -0.4 is 10.2 Å². The summed E-state index contributed by atoms with van der Waals surface area (Å²) < 4.78 is 18.3. The molecule has 3 aromatic rings. The molecule has 176 valence electrons. The third-order valence-electron chi connectivity index (χ3n) is 6.53. The highest BCUT2D eigenvalue weighted by molar-refractivity contribution is 7.91. The number of rotatable bonds is 4. The fourth-order valence-corrected chi connectivity index (χ4v) is 6.56. The van der Waals surface area contributed by atoms with E-state index in [0.29, 0.717) is 42.4 Å². The third kappa shape index (κ3) is 4.37. The Morgan fingerprint density at radius 1 is 1.15 bits per heavy atom. The number of thiazole rings is 1. The normalized spacial score (nSPS) is 22.0. The summed E-state index contributed by atoms with van der Waals surface area (Å²) in [5.41, 5.74) is 4.39. The lowest BCUT2D eigenvalue weighted by atomic mass is 10.1. The van der Waals surface area contributed by atoms with E-state index >= 15 is 0 Å². The number of carbonyl (C=O) groups excluding carboxylic acids is 2. The summed E-state index contributed by atoms with van der Waals surface area (Å²) in [6.07, 6.45) is 5.21. The molecule has 3 aliphatic rings. The summed E-state index contributed by atoms with van der Waals surface area (Å²) in [6, 6.07) is 7.96. The lowest BCUT2D eigenvalue weighted by molar-refractivity contribution is -0.117. The maximum atomic E-state index is 12.9. The number of aromatic nitrogens is 2. The first kappa shape index (κ1) is 21.8. The van der Waals surface area contributed by atoms with E-state index in [1.807, 2.05) is 30.5 Å². The van der Waals surface area contributed by atoms with Crippen LogP contribution in [0.25, 0.3) is 21.3 Å². The summed E-state index contributed by atoms with van der Waals surface area (Å²) in [7, 11) is 0. The van der Waals surface area contributed by atoms with Gasteiger partial charge in [-0.3, -0.25) is 14.7 Å². The van der Waals surface area contributed by atoms with Gasteiger partial charge in [0.15, 0.2) is 5.13 Å². The van der Waals surface area contributed by atoms with Crippen LogP contribution in [0.4, 0.5) is 15.6 Å². The van der Waals surface area contributed by atoms with Crippen LogP contribution in [-0.2, 0) is 27.1 Å². The lowest BCUT2D eigenvalue weighted by Crippen LogP contribution is -2.36. The molecule has 0 unspecified atom stereocenters. The number of pyridine rings is 1. The average Bonchev–Trinajstić information content (AvgIpc) is 3.48. The minimum absolute atomic E-state index is 0.0515. The van der Waals surface area contributed by atoms with E-state index in [1.54, 1.807) is 4.90 Å². The first-order valence-corrected chi connectivity index (χ1v) is 13.9. The average molecular weight is 497 g/mol. The maximum Gasteiger partial charge on any atom is 0.414 e. The van der Waals surface area contributed by atoms with Crippen LogP contribution in [0.15, 0.2) is 30.5 Å². The second kappa shape index (κ2) is 8.83. The van der Waals surface area contributed by atoms with Crippen molar-refractivity contribution in [1.29, 1.82) is 0 Å². The van der Waals surface area contributed by atoms with Gasteiger partial charge in [-0.15, -0.1) is 0 Å². The van der Waals surface area contributed by atoms with Crippen LogP contribution in [-0.4, -0.2) is 50.7 Å². The molecular weight excluding hydrogens is 472 g/mol. The predicted molar refractivity (Wildman–Crippen MR) is 133 cm³/mol. The molecule has 4 heterocycles. The molecule has 1 saturated heterocycles. The number of ether oxygens (including phenoxy) is 1. The molecule has 2 aliphatic heterocycles. The van der Waals surface area contributed by atoms with Gasteiger partial charge in [0.1, 0.15) is 17.6 Å². The molecule has 1 N–H and O–H groups in total. The van der Waals surface area contributed by atoms with Crippen molar-refractivity contribution >= 4 is 55.5 Å². The number of nitrogens with zero attached hydrogens (tertiary/aromatic N) is 3. The second-order valence-corrected chi connectivity index (χ2v) is 11.7. The first-order valence-electron chi connectivity index (χ1n) is 11.6. The highest BCUT2D eigenvalue weighted by Crippen LogP contribution is 2.36. The van der Waals surface area contributed by atoms with Crippen molar-refractivity contribution in [1.82, 2.24) is 9.97 Å². The fraction of sp³-hybridized carbons (Fsp3) is 0.417. The van der Waals surface area contributed by atoms with Gasteiger partial charge < -0.3 is 14.6 Å². The van der Waals surface area contributed by atoms with Crippen molar-refractivity contribution in [3.05, 3.63) is 36.2 Å². The molecule has 0 radical (unpaired) electrons. The molecule has 1 aliphatic carbocycles. The van der Waals surface area contributed by atoms with Crippen molar-refractivity contribution in [2.45, 2.75) is 38.2 Å². The van der Waals surface area contributed by atoms with Crippen molar-refractivity contribution in [3.63, 3.8) is 0 Å². The Labute approximate surface area is 203 Å². The molecule has 8 nitrogen and oxygen atoms in total. The van der Waals surface area contributed by atoms with Gasteiger partial charge in [-0.1, -0.05) is 28.6 Å². The minimum Gasteiger partial charge on any atom is -0.616 e. The zero-order valence-electron chi connectivity index (χ0n) is 18.5. The van der Waals surface area contributed by atoms with Gasteiger partial charge in [-0.25, -0.2) is 9.78 Å². The number of carbonyl (C=O) groups is 2. The zero-order valence-corrected chi connectivity index (χ0v) is 20.1. The lowest BCUT2D eigenvalue weighted by Gasteiger charge is -2.26. The van der Waals surface area contributed by atoms with Gasteiger partial charge >= 0.3 is 6.09 Å². The molecule has 10 heteroatoms. The van der Waals surface area contributed by atoms with E-state index in [2.05, 4.69) is 15.3 Å². The van der Waals surface area contributed by atoms with Gasteiger partial charge in [-0.2, -0.15) is 0 Å². The van der Waals surface area contributed by atoms with E-state index in [-0.39, 0.29) is 24.0 Å².